The van der Waals surface area contributed by atoms with Crippen molar-refractivity contribution in [2.24, 2.45) is 5.92 Å². The molecule has 2 N–H and O–H groups in total. The first-order valence-corrected chi connectivity index (χ1v) is 9.23. The summed E-state index contributed by atoms with van der Waals surface area (Å²) in [5.41, 5.74) is 0.877. The lowest BCUT2D eigenvalue weighted by molar-refractivity contribution is -0.137. The summed E-state index contributed by atoms with van der Waals surface area (Å²) >= 11 is 5.90. The van der Waals surface area contributed by atoms with Crippen LogP contribution in [0, 0.1) is 5.92 Å². The average Bonchev–Trinajstić information content (AvgIpc) is 2.59. The van der Waals surface area contributed by atoms with E-state index in [0.717, 1.165) is 31.5 Å². The Balaban J connectivity index is 1.90. The van der Waals surface area contributed by atoms with Crippen molar-refractivity contribution < 1.29 is 14.7 Å². The van der Waals surface area contributed by atoms with Gasteiger partial charge in [0.25, 0.3) is 0 Å². The van der Waals surface area contributed by atoms with Crippen molar-refractivity contribution in [3.05, 3.63) is 34.9 Å². The molecular formula is C19H27ClN2O3. The number of nitrogens with zero attached hydrogens (tertiary/aromatic N) is 1. The van der Waals surface area contributed by atoms with Gasteiger partial charge in [0, 0.05) is 29.4 Å². The maximum atomic E-state index is 12.5. The maximum Gasteiger partial charge on any atom is 0.304 e. The summed E-state index contributed by atoms with van der Waals surface area (Å²) in [6.07, 6.45) is 1.69. The molecule has 1 amide bonds. The molecule has 1 fully saturated rings. The van der Waals surface area contributed by atoms with E-state index in [-0.39, 0.29) is 24.2 Å². The minimum Gasteiger partial charge on any atom is -0.481 e. The Labute approximate surface area is 154 Å². The summed E-state index contributed by atoms with van der Waals surface area (Å²) in [6, 6.07) is 7.64. The third kappa shape index (κ3) is 6.01. The molecule has 1 saturated heterocycles. The molecule has 0 radical (unpaired) electrons. The van der Waals surface area contributed by atoms with Gasteiger partial charge in [-0.2, -0.15) is 0 Å². The first-order valence-electron chi connectivity index (χ1n) is 8.86. The summed E-state index contributed by atoms with van der Waals surface area (Å²) in [7, 11) is 0. The van der Waals surface area contributed by atoms with Gasteiger partial charge in [-0.1, -0.05) is 23.7 Å². The molecule has 6 heteroatoms. The first kappa shape index (κ1) is 19.7. The number of carboxylic acid groups (broad SMARTS) is 1. The molecule has 1 unspecified atom stereocenters. The highest BCUT2D eigenvalue weighted by Gasteiger charge is 2.26. The second-order valence-electron chi connectivity index (χ2n) is 7.00. The highest BCUT2D eigenvalue weighted by Crippen LogP contribution is 2.23. The van der Waals surface area contributed by atoms with Crippen LogP contribution in [-0.4, -0.2) is 47.6 Å². The number of piperidine rings is 1. The van der Waals surface area contributed by atoms with Gasteiger partial charge in [-0.3, -0.25) is 9.59 Å². The first-order chi connectivity index (χ1) is 11.9. The van der Waals surface area contributed by atoms with Gasteiger partial charge in [-0.25, -0.2) is 0 Å². The van der Waals surface area contributed by atoms with Crippen LogP contribution in [0.5, 0.6) is 0 Å². The predicted molar refractivity (Wildman–Crippen MR) is 98.9 cm³/mol. The van der Waals surface area contributed by atoms with Crippen molar-refractivity contribution in [1.82, 2.24) is 10.2 Å². The van der Waals surface area contributed by atoms with Gasteiger partial charge < -0.3 is 15.3 Å². The minimum absolute atomic E-state index is 0.0192. The van der Waals surface area contributed by atoms with Crippen molar-refractivity contribution >= 4 is 23.5 Å². The number of rotatable bonds is 7. The lowest BCUT2D eigenvalue weighted by atomic mass is 9.93. The molecule has 0 saturated carbocycles. The normalized spacial score (nSPS) is 17.4. The average molecular weight is 367 g/mol. The van der Waals surface area contributed by atoms with E-state index in [1.165, 1.54) is 0 Å². The topological polar surface area (TPSA) is 69.6 Å². The van der Waals surface area contributed by atoms with E-state index in [2.05, 4.69) is 24.1 Å². The SMILES string of the molecule is CC(C)N1CCC(C(=O)NCC(CC(=O)O)c2ccc(Cl)cc2)CC1. The molecule has 138 valence electrons. The molecule has 1 atom stereocenters. The number of amides is 1. The van der Waals surface area contributed by atoms with Crippen LogP contribution in [0.2, 0.25) is 5.02 Å². The lowest BCUT2D eigenvalue weighted by Gasteiger charge is -2.34. The Bertz CT molecular complexity index is 581. The number of carbonyl (C=O) groups excluding carboxylic acids is 1. The molecule has 1 aliphatic heterocycles. The van der Waals surface area contributed by atoms with Gasteiger partial charge in [0.15, 0.2) is 0 Å². The van der Waals surface area contributed by atoms with Crippen LogP contribution in [0.3, 0.4) is 0 Å². The molecule has 0 spiro atoms. The van der Waals surface area contributed by atoms with E-state index in [1.807, 2.05) is 12.1 Å². The fourth-order valence-electron chi connectivity index (χ4n) is 3.30. The number of carboxylic acids is 1. The standard InChI is InChI=1S/C19H27ClN2O3/c1-13(2)22-9-7-15(8-10-22)19(25)21-12-16(11-18(23)24)14-3-5-17(20)6-4-14/h3-6,13,15-16H,7-12H2,1-2H3,(H,21,25)(H,23,24). The Morgan fingerprint density at radius 2 is 1.84 bits per heavy atom. The third-order valence-electron chi connectivity index (χ3n) is 4.92. The van der Waals surface area contributed by atoms with E-state index in [1.54, 1.807) is 12.1 Å². The van der Waals surface area contributed by atoms with E-state index >= 15 is 0 Å². The molecule has 0 aliphatic carbocycles. The number of halogens is 1. The summed E-state index contributed by atoms with van der Waals surface area (Å²) in [6.45, 7) is 6.54. The molecule has 0 aromatic heterocycles. The summed E-state index contributed by atoms with van der Waals surface area (Å²) in [5.74, 6) is -1.08. The summed E-state index contributed by atoms with van der Waals surface area (Å²) in [4.78, 5) is 26.0. The molecule has 1 aromatic carbocycles. The molecular weight excluding hydrogens is 340 g/mol. The number of nitrogens with one attached hydrogen (secondary N) is 1. The molecule has 5 nitrogen and oxygen atoms in total. The molecule has 0 bridgehead atoms. The van der Waals surface area contributed by atoms with Crippen molar-refractivity contribution in [2.45, 2.75) is 45.1 Å². The van der Waals surface area contributed by atoms with Crippen LogP contribution in [-0.2, 0) is 9.59 Å². The largest absolute Gasteiger partial charge is 0.481 e. The number of hydrogen-bond donors (Lipinski definition) is 2. The van der Waals surface area contributed by atoms with Crippen molar-refractivity contribution in [3.63, 3.8) is 0 Å². The zero-order valence-corrected chi connectivity index (χ0v) is 15.6. The van der Waals surface area contributed by atoms with Gasteiger partial charge in [0.1, 0.15) is 0 Å². The fourth-order valence-corrected chi connectivity index (χ4v) is 3.43. The molecule has 2 rings (SSSR count). The number of hydrogen-bond acceptors (Lipinski definition) is 3. The van der Waals surface area contributed by atoms with E-state index in [0.29, 0.717) is 17.6 Å². The Morgan fingerprint density at radius 3 is 2.36 bits per heavy atom. The second kappa shape index (κ2) is 9.20. The zero-order valence-electron chi connectivity index (χ0n) is 14.9. The van der Waals surface area contributed by atoms with Gasteiger partial charge in [-0.15, -0.1) is 0 Å². The van der Waals surface area contributed by atoms with E-state index in [9.17, 15) is 9.59 Å². The van der Waals surface area contributed by atoms with Crippen molar-refractivity contribution in [1.29, 1.82) is 0 Å². The lowest BCUT2D eigenvalue weighted by Crippen LogP contribution is -2.43. The monoisotopic (exact) mass is 366 g/mol. The van der Waals surface area contributed by atoms with Gasteiger partial charge in [0.05, 0.1) is 6.42 Å². The Morgan fingerprint density at radius 1 is 1.24 bits per heavy atom. The van der Waals surface area contributed by atoms with Gasteiger partial charge in [-0.05, 0) is 57.5 Å². The van der Waals surface area contributed by atoms with Crippen molar-refractivity contribution in [2.75, 3.05) is 19.6 Å². The smallest absolute Gasteiger partial charge is 0.304 e. The predicted octanol–water partition coefficient (Wildman–Crippen LogP) is 3.13. The van der Waals surface area contributed by atoms with E-state index in [4.69, 9.17) is 16.7 Å². The molecule has 1 aromatic rings. The van der Waals surface area contributed by atoms with Crippen LogP contribution in [0.15, 0.2) is 24.3 Å². The van der Waals surface area contributed by atoms with Crippen LogP contribution >= 0.6 is 11.6 Å². The highest BCUT2D eigenvalue weighted by atomic mass is 35.5. The van der Waals surface area contributed by atoms with Crippen LogP contribution in [0.4, 0.5) is 0 Å². The number of benzene rings is 1. The number of carbonyl (C=O) groups is 2. The fraction of sp³-hybridized carbons (Fsp3) is 0.579. The second-order valence-corrected chi connectivity index (χ2v) is 7.43. The third-order valence-corrected chi connectivity index (χ3v) is 5.17. The zero-order chi connectivity index (χ0) is 18.4. The van der Waals surface area contributed by atoms with Crippen LogP contribution in [0.25, 0.3) is 0 Å². The van der Waals surface area contributed by atoms with Crippen molar-refractivity contribution in [3.8, 4) is 0 Å². The number of likely N-dealkylation sites (tertiary alicyclic amines) is 1. The molecule has 1 aliphatic rings. The van der Waals surface area contributed by atoms with E-state index < -0.39 is 5.97 Å². The Hall–Kier alpha value is -1.59. The molecule has 1 heterocycles. The quantitative estimate of drug-likeness (QED) is 0.777. The Kier molecular flexibility index (Phi) is 7.26. The minimum atomic E-state index is -0.876. The van der Waals surface area contributed by atoms with Crippen LogP contribution < -0.4 is 5.32 Å². The number of aliphatic carboxylic acids is 1. The van der Waals surface area contributed by atoms with Gasteiger partial charge >= 0.3 is 5.97 Å². The highest BCUT2D eigenvalue weighted by molar-refractivity contribution is 6.30. The van der Waals surface area contributed by atoms with Gasteiger partial charge in [0.2, 0.25) is 5.91 Å². The summed E-state index contributed by atoms with van der Waals surface area (Å²) < 4.78 is 0. The molecule has 25 heavy (non-hydrogen) atoms. The summed E-state index contributed by atoms with van der Waals surface area (Å²) in [5, 5.41) is 12.7. The maximum absolute atomic E-state index is 12.5. The van der Waals surface area contributed by atoms with Crippen LogP contribution in [0.1, 0.15) is 44.6 Å².